The van der Waals surface area contributed by atoms with Gasteiger partial charge in [0.05, 0.1) is 20.3 Å². The number of hydrogen-bond acceptors (Lipinski definition) is 5. The van der Waals surface area contributed by atoms with Crippen molar-refractivity contribution in [3.63, 3.8) is 0 Å². The van der Waals surface area contributed by atoms with Crippen molar-refractivity contribution in [2.45, 2.75) is 51.0 Å². The van der Waals surface area contributed by atoms with Crippen molar-refractivity contribution >= 4 is 17.6 Å². The largest absolute Gasteiger partial charge is 0.468 e. The van der Waals surface area contributed by atoms with E-state index in [1.165, 1.54) is 26.2 Å². The predicted octanol–water partition coefficient (Wildman–Crippen LogP) is 3.10. The zero-order valence-corrected chi connectivity index (χ0v) is 15.1. The van der Waals surface area contributed by atoms with Gasteiger partial charge in [-0.2, -0.15) is 0 Å². The van der Waals surface area contributed by atoms with Crippen molar-refractivity contribution in [3.05, 3.63) is 29.8 Å². The molecule has 0 amide bonds. The average molecular weight is 345 g/mol. The highest BCUT2D eigenvalue weighted by Crippen LogP contribution is 2.44. The Morgan fingerprint density at radius 3 is 2.44 bits per heavy atom. The van der Waals surface area contributed by atoms with E-state index in [9.17, 15) is 9.59 Å². The molecule has 0 aliphatic carbocycles. The quantitative estimate of drug-likeness (QED) is 0.609. The number of aryl methyl sites for hydroxylation is 1. The molecule has 0 bridgehead atoms. The monoisotopic (exact) mass is 345 g/mol. The number of para-hydroxylation sites is 1. The number of hydrogen-bond donors (Lipinski definition) is 0. The predicted molar refractivity (Wildman–Crippen MR) is 95.4 cm³/mol. The number of methoxy groups -OCH3 is 2. The molecule has 1 unspecified atom stereocenters. The molecule has 3 rings (SSSR count). The Kier molecular flexibility index (Phi) is 5.30. The van der Waals surface area contributed by atoms with Crippen LogP contribution < -0.4 is 4.90 Å². The molecule has 2 aliphatic rings. The number of carbonyl (C=O) groups excluding carboxylic acids is 2. The average Bonchev–Trinajstić information content (AvgIpc) is 2.75. The molecule has 1 fully saturated rings. The normalized spacial score (nSPS) is 22.5. The molecule has 5 nitrogen and oxygen atoms in total. The molecule has 0 spiro atoms. The summed E-state index contributed by atoms with van der Waals surface area (Å²) in [5.41, 5.74) is 1.06. The van der Waals surface area contributed by atoms with E-state index in [-0.39, 0.29) is 6.04 Å². The first-order chi connectivity index (χ1) is 12.1. The summed E-state index contributed by atoms with van der Waals surface area (Å²) in [7, 11) is 2.72. The molecular weight excluding hydrogens is 318 g/mol. The SMILES string of the molecule is COC(=O)C1(C(=O)OC)CCc2ccccc2N2CCCCCCC21. The number of nitrogens with zero attached hydrogens (tertiary/aromatic N) is 1. The van der Waals surface area contributed by atoms with Crippen molar-refractivity contribution in [3.8, 4) is 0 Å². The summed E-state index contributed by atoms with van der Waals surface area (Å²) in [5, 5.41) is 0. The zero-order chi connectivity index (χ0) is 17.9. The van der Waals surface area contributed by atoms with Crippen LogP contribution in [-0.4, -0.2) is 38.7 Å². The molecule has 0 aromatic heterocycles. The number of benzene rings is 1. The van der Waals surface area contributed by atoms with Crippen LogP contribution in [0.1, 0.15) is 44.1 Å². The first-order valence-electron chi connectivity index (χ1n) is 9.16. The Labute approximate surface area is 149 Å². The van der Waals surface area contributed by atoms with E-state index >= 15 is 0 Å². The lowest BCUT2D eigenvalue weighted by molar-refractivity contribution is -0.171. The van der Waals surface area contributed by atoms with Crippen LogP contribution in [-0.2, 0) is 25.5 Å². The van der Waals surface area contributed by atoms with Crippen molar-refractivity contribution in [1.82, 2.24) is 0 Å². The van der Waals surface area contributed by atoms with Crippen molar-refractivity contribution in [2.24, 2.45) is 5.41 Å². The second kappa shape index (κ2) is 7.46. The van der Waals surface area contributed by atoms with Gasteiger partial charge in [0.1, 0.15) is 0 Å². The van der Waals surface area contributed by atoms with Crippen LogP contribution in [0.3, 0.4) is 0 Å². The van der Waals surface area contributed by atoms with E-state index in [0.29, 0.717) is 12.8 Å². The number of esters is 2. The number of ether oxygens (including phenoxy) is 2. The summed E-state index contributed by atoms with van der Waals surface area (Å²) in [6.45, 7) is 0.845. The maximum Gasteiger partial charge on any atom is 0.325 e. The van der Waals surface area contributed by atoms with Gasteiger partial charge >= 0.3 is 11.9 Å². The van der Waals surface area contributed by atoms with Gasteiger partial charge in [0, 0.05) is 12.2 Å². The van der Waals surface area contributed by atoms with Gasteiger partial charge in [-0.3, -0.25) is 9.59 Å². The molecule has 5 heteroatoms. The minimum Gasteiger partial charge on any atom is -0.468 e. The lowest BCUT2D eigenvalue weighted by atomic mass is 9.73. The fourth-order valence-electron chi connectivity index (χ4n) is 4.51. The first kappa shape index (κ1) is 17.8. The Bertz CT molecular complexity index is 626. The number of rotatable bonds is 2. The van der Waals surface area contributed by atoms with E-state index in [1.54, 1.807) is 0 Å². The van der Waals surface area contributed by atoms with E-state index in [0.717, 1.165) is 37.9 Å². The lowest BCUT2D eigenvalue weighted by Gasteiger charge is -2.43. The highest BCUT2D eigenvalue weighted by atomic mass is 16.5. The molecule has 25 heavy (non-hydrogen) atoms. The smallest absolute Gasteiger partial charge is 0.325 e. The molecule has 0 radical (unpaired) electrons. The standard InChI is InChI=1S/C20H27NO4/c1-24-18(22)20(19(23)25-2)13-12-15-9-6-7-10-16(15)21-14-8-4-3-5-11-17(20)21/h6-7,9-10,17H,3-5,8,11-14H2,1-2H3. The highest BCUT2D eigenvalue weighted by Gasteiger charge is 2.57. The van der Waals surface area contributed by atoms with E-state index in [1.807, 2.05) is 12.1 Å². The molecule has 1 saturated heterocycles. The van der Waals surface area contributed by atoms with E-state index < -0.39 is 17.4 Å². The van der Waals surface area contributed by atoms with Crippen LogP contribution in [0.25, 0.3) is 0 Å². The minimum absolute atomic E-state index is 0.226. The van der Waals surface area contributed by atoms with Gasteiger partial charge in [0.25, 0.3) is 0 Å². The molecular formula is C20H27NO4. The third kappa shape index (κ3) is 3.00. The maximum atomic E-state index is 12.9. The van der Waals surface area contributed by atoms with Gasteiger partial charge in [0.2, 0.25) is 0 Å². The Hall–Kier alpha value is -2.04. The molecule has 1 aromatic carbocycles. The number of anilines is 1. The summed E-state index contributed by atoms with van der Waals surface area (Å²) >= 11 is 0. The molecule has 1 atom stereocenters. The van der Waals surface area contributed by atoms with Gasteiger partial charge in [-0.1, -0.05) is 37.5 Å². The second-order valence-corrected chi connectivity index (χ2v) is 7.00. The number of carbonyl (C=O) groups is 2. The van der Waals surface area contributed by atoms with Crippen LogP contribution >= 0.6 is 0 Å². The summed E-state index contributed by atoms with van der Waals surface area (Å²) in [5.74, 6) is -0.939. The topological polar surface area (TPSA) is 55.8 Å². The molecule has 0 N–H and O–H groups in total. The third-order valence-electron chi connectivity index (χ3n) is 5.76. The van der Waals surface area contributed by atoms with E-state index in [4.69, 9.17) is 9.47 Å². The Morgan fingerprint density at radius 2 is 1.72 bits per heavy atom. The Balaban J connectivity index is 2.16. The molecule has 2 heterocycles. The first-order valence-corrected chi connectivity index (χ1v) is 9.16. The molecule has 2 aliphatic heterocycles. The van der Waals surface area contributed by atoms with Crippen LogP contribution in [0.15, 0.2) is 24.3 Å². The molecule has 136 valence electrons. The van der Waals surface area contributed by atoms with Gasteiger partial charge in [-0.15, -0.1) is 0 Å². The lowest BCUT2D eigenvalue weighted by Crippen LogP contribution is -2.57. The second-order valence-electron chi connectivity index (χ2n) is 7.00. The fraction of sp³-hybridized carbons (Fsp3) is 0.600. The maximum absolute atomic E-state index is 12.9. The summed E-state index contributed by atoms with van der Waals surface area (Å²) in [6, 6.07) is 8.01. The van der Waals surface area contributed by atoms with Crippen LogP contribution in [0.5, 0.6) is 0 Å². The minimum atomic E-state index is -1.26. The van der Waals surface area contributed by atoms with Crippen molar-refractivity contribution in [2.75, 3.05) is 25.7 Å². The fourth-order valence-corrected chi connectivity index (χ4v) is 4.51. The van der Waals surface area contributed by atoms with Gasteiger partial charge in [-0.05, 0) is 37.3 Å². The van der Waals surface area contributed by atoms with Crippen molar-refractivity contribution in [1.29, 1.82) is 0 Å². The third-order valence-corrected chi connectivity index (χ3v) is 5.76. The van der Waals surface area contributed by atoms with Crippen LogP contribution in [0, 0.1) is 5.41 Å². The van der Waals surface area contributed by atoms with Gasteiger partial charge in [0.15, 0.2) is 5.41 Å². The van der Waals surface area contributed by atoms with Gasteiger partial charge in [-0.25, -0.2) is 0 Å². The summed E-state index contributed by atoms with van der Waals surface area (Å²) < 4.78 is 10.3. The molecule has 1 aromatic rings. The van der Waals surface area contributed by atoms with E-state index in [2.05, 4.69) is 17.0 Å². The summed E-state index contributed by atoms with van der Waals surface area (Å²) in [4.78, 5) is 28.1. The van der Waals surface area contributed by atoms with Crippen LogP contribution in [0.2, 0.25) is 0 Å². The summed E-state index contributed by atoms with van der Waals surface area (Å²) in [6.07, 6.45) is 6.23. The zero-order valence-electron chi connectivity index (χ0n) is 15.1. The van der Waals surface area contributed by atoms with Crippen molar-refractivity contribution < 1.29 is 19.1 Å². The van der Waals surface area contributed by atoms with Crippen LogP contribution in [0.4, 0.5) is 5.69 Å². The number of fused-ring (bicyclic) bond motifs is 3. The van der Waals surface area contributed by atoms with Gasteiger partial charge < -0.3 is 14.4 Å². The highest BCUT2D eigenvalue weighted by molar-refractivity contribution is 6.01. The Morgan fingerprint density at radius 1 is 1.04 bits per heavy atom. The molecule has 0 saturated carbocycles.